The molecule has 0 spiro atoms. The van der Waals surface area contributed by atoms with Crippen molar-refractivity contribution in [3.05, 3.63) is 17.5 Å². The molecule has 0 aromatic carbocycles. The highest BCUT2D eigenvalue weighted by Gasteiger charge is 2.34. The minimum atomic E-state index is 0.135. The van der Waals surface area contributed by atoms with E-state index in [0.717, 1.165) is 56.8 Å². The normalized spacial score (nSPS) is 20.4. The number of aliphatic hydroxyl groups is 1. The Labute approximate surface area is 144 Å². The summed E-state index contributed by atoms with van der Waals surface area (Å²) >= 11 is 0. The summed E-state index contributed by atoms with van der Waals surface area (Å²) in [6.07, 6.45) is 6.12. The molecular weight excluding hydrogens is 304 g/mol. The van der Waals surface area contributed by atoms with Crippen LogP contribution < -0.4 is 0 Å². The van der Waals surface area contributed by atoms with E-state index in [2.05, 4.69) is 23.8 Å². The molecule has 2 fully saturated rings. The van der Waals surface area contributed by atoms with Gasteiger partial charge in [0.25, 0.3) is 5.91 Å². The molecule has 0 radical (unpaired) electrons. The Balaban J connectivity index is 1.68. The van der Waals surface area contributed by atoms with Crippen molar-refractivity contribution in [2.45, 2.75) is 58.0 Å². The van der Waals surface area contributed by atoms with Gasteiger partial charge in [0, 0.05) is 44.7 Å². The predicted octanol–water partition coefficient (Wildman–Crippen LogP) is 1.70. The van der Waals surface area contributed by atoms with Crippen LogP contribution in [0, 0.1) is 0 Å². The number of carbonyl (C=O) groups is 1. The number of hydrogen-bond donors (Lipinski definition) is 1. The number of aliphatic hydroxyl groups excluding tert-OH is 1. The second-order valence-corrected chi connectivity index (χ2v) is 7.01. The third kappa shape index (κ3) is 3.49. The number of piperazine rings is 1. The van der Waals surface area contributed by atoms with Crippen LogP contribution in [-0.4, -0.2) is 69.4 Å². The van der Waals surface area contributed by atoms with Gasteiger partial charge in [-0.25, -0.2) is 0 Å². The lowest BCUT2D eigenvalue weighted by atomic mass is 10.1. The molecule has 6 heteroatoms. The molecule has 2 aliphatic rings. The second-order valence-electron chi connectivity index (χ2n) is 7.01. The highest BCUT2D eigenvalue weighted by Crippen LogP contribution is 2.42. The molecule has 0 bridgehead atoms. The van der Waals surface area contributed by atoms with E-state index in [1.807, 2.05) is 9.58 Å². The smallest absolute Gasteiger partial charge is 0.257 e. The van der Waals surface area contributed by atoms with Crippen LogP contribution in [-0.2, 0) is 6.54 Å². The molecule has 1 aromatic heterocycles. The lowest BCUT2D eigenvalue weighted by molar-refractivity contribution is 0.0471. The molecule has 24 heavy (non-hydrogen) atoms. The van der Waals surface area contributed by atoms with Gasteiger partial charge in [-0.05, 0) is 25.7 Å². The van der Waals surface area contributed by atoms with Gasteiger partial charge in [-0.2, -0.15) is 5.10 Å². The van der Waals surface area contributed by atoms with E-state index >= 15 is 0 Å². The number of aryl methyl sites for hydroxylation is 1. The first-order valence-electron chi connectivity index (χ1n) is 9.39. The van der Waals surface area contributed by atoms with Gasteiger partial charge < -0.3 is 10.0 Å². The van der Waals surface area contributed by atoms with Gasteiger partial charge in [0.15, 0.2) is 0 Å². The Kier molecular flexibility index (Phi) is 5.56. The van der Waals surface area contributed by atoms with E-state index in [9.17, 15) is 9.90 Å². The zero-order valence-corrected chi connectivity index (χ0v) is 14.9. The molecule has 1 unspecified atom stereocenters. The van der Waals surface area contributed by atoms with Crippen molar-refractivity contribution in [2.75, 3.05) is 32.8 Å². The van der Waals surface area contributed by atoms with E-state index in [4.69, 9.17) is 0 Å². The zero-order valence-electron chi connectivity index (χ0n) is 14.9. The van der Waals surface area contributed by atoms with Gasteiger partial charge in [-0.3, -0.25) is 14.4 Å². The molecule has 2 heterocycles. The van der Waals surface area contributed by atoms with Crippen LogP contribution in [0.5, 0.6) is 0 Å². The predicted molar refractivity (Wildman–Crippen MR) is 93.1 cm³/mol. The number of nitrogens with zero attached hydrogens (tertiary/aromatic N) is 4. The summed E-state index contributed by atoms with van der Waals surface area (Å²) in [6.45, 7) is 8.48. The molecule has 1 aliphatic heterocycles. The summed E-state index contributed by atoms with van der Waals surface area (Å²) in [4.78, 5) is 17.2. The molecule has 134 valence electrons. The Morgan fingerprint density at radius 1 is 1.29 bits per heavy atom. The Morgan fingerprint density at radius 3 is 2.54 bits per heavy atom. The number of hydrogen-bond acceptors (Lipinski definition) is 4. The highest BCUT2D eigenvalue weighted by molar-refractivity contribution is 5.95. The van der Waals surface area contributed by atoms with Crippen molar-refractivity contribution in [3.8, 4) is 0 Å². The summed E-state index contributed by atoms with van der Waals surface area (Å²) in [6, 6.07) is 0.219. The maximum atomic E-state index is 13.0. The first-order valence-corrected chi connectivity index (χ1v) is 9.39. The molecule has 1 aliphatic carbocycles. The van der Waals surface area contributed by atoms with Gasteiger partial charge in [-0.1, -0.05) is 13.8 Å². The Morgan fingerprint density at radius 2 is 2.00 bits per heavy atom. The van der Waals surface area contributed by atoms with Crippen molar-refractivity contribution < 1.29 is 9.90 Å². The number of amides is 1. The zero-order chi connectivity index (χ0) is 17.1. The maximum absolute atomic E-state index is 13.0. The monoisotopic (exact) mass is 334 g/mol. The summed E-state index contributed by atoms with van der Waals surface area (Å²) in [5, 5.41) is 13.9. The fourth-order valence-electron chi connectivity index (χ4n) is 3.70. The van der Waals surface area contributed by atoms with Crippen molar-refractivity contribution in [1.82, 2.24) is 19.6 Å². The van der Waals surface area contributed by atoms with E-state index in [0.29, 0.717) is 5.92 Å². The largest absolute Gasteiger partial charge is 0.395 e. The van der Waals surface area contributed by atoms with Gasteiger partial charge in [0.05, 0.1) is 24.1 Å². The molecular formula is C18H30N4O2. The third-order valence-corrected chi connectivity index (χ3v) is 5.31. The average Bonchev–Trinajstić information content (AvgIpc) is 3.37. The van der Waals surface area contributed by atoms with Gasteiger partial charge in [-0.15, -0.1) is 0 Å². The van der Waals surface area contributed by atoms with Crippen LogP contribution in [0.3, 0.4) is 0 Å². The lowest BCUT2D eigenvalue weighted by Crippen LogP contribution is -2.52. The highest BCUT2D eigenvalue weighted by atomic mass is 16.3. The molecule has 1 atom stereocenters. The molecule has 1 aromatic rings. The van der Waals surface area contributed by atoms with Gasteiger partial charge >= 0.3 is 0 Å². The molecule has 1 N–H and O–H groups in total. The third-order valence-electron chi connectivity index (χ3n) is 5.31. The van der Waals surface area contributed by atoms with Gasteiger partial charge in [0.2, 0.25) is 0 Å². The lowest BCUT2D eigenvalue weighted by Gasteiger charge is -2.38. The topological polar surface area (TPSA) is 61.6 Å². The van der Waals surface area contributed by atoms with E-state index in [1.165, 1.54) is 12.8 Å². The van der Waals surface area contributed by atoms with Crippen molar-refractivity contribution in [3.63, 3.8) is 0 Å². The SMILES string of the molecule is CCCn1ncc(C(=O)N2CCN(C(CC)CO)CC2)c1C1CC1. The molecule has 6 nitrogen and oxygen atoms in total. The van der Waals surface area contributed by atoms with Crippen LogP contribution in [0.1, 0.15) is 61.5 Å². The number of aromatic nitrogens is 2. The first kappa shape index (κ1) is 17.4. The summed E-state index contributed by atoms with van der Waals surface area (Å²) in [5.74, 6) is 0.661. The van der Waals surface area contributed by atoms with Crippen LogP contribution >= 0.6 is 0 Å². The fraction of sp³-hybridized carbons (Fsp3) is 0.778. The van der Waals surface area contributed by atoms with E-state index in [-0.39, 0.29) is 18.6 Å². The molecule has 1 amide bonds. The van der Waals surface area contributed by atoms with E-state index in [1.54, 1.807) is 6.20 Å². The summed E-state index contributed by atoms with van der Waals surface area (Å²) < 4.78 is 2.04. The fourth-order valence-corrected chi connectivity index (χ4v) is 3.70. The van der Waals surface area contributed by atoms with Crippen LogP contribution in [0.25, 0.3) is 0 Å². The summed E-state index contributed by atoms with van der Waals surface area (Å²) in [7, 11) is 0. The molecule has 1 saturated heterocycles. The van der Waals surface area contributed by atoms with Crippen LogP contribution in [0.15, 0.2) is 6.20 Å². The second kappa shape index (κ2) is 7.66. The standard InChI is InChI=1S/C18H30N4O2/c1-3-7-22-17(14-5-6-14)16(12-19-22)18(24)21-10-8-20(9-11-21)15(4-2)13-23/h12,14-15,23H,3-11,13H2,1-2H3. The first-order chi connectivity index (χ1) is 11.7. The van der Waals surface area contributed by atoms with Crippen molar-refractivity contribution >= 4 is 5.91 Å². The minimum Gasteiger partial charge on any atom is -0.395 e. The molecule has 3 rings (SSSR count). The molecule has 1 saturated carbocycles. The number of rotatable bonds is 7. The van der Waals surface area contributed by atoms with E-state index < -0.39 is 0 Å². The quantitative estimate of drug-likeness (QED) is 0.824. The number of carbonyl (C=O) groups excluding carboxylic acids is 1. The van der Waals surface area contributed by atoms with Crippen LogP contribution in [0.2, 0.25) is 0 Å². The Bertz CT molecular complexity index is 555. The summed E-state index contributed by atoms with van der Waals surface area (Å²) in [5.41, 5.74) is 1.97. The van der Waals surface area contributed by atoms with Crippen molar-refractivity contribution in [2.24, 2.45) is 0 Å². The Hall–Kier alpha value is -1.40. The average molecular weight is 334 g/mol. The van der Waals surface area contributed by atoms with Gasteiger partial charge in [0.1, 0.15) is 0 Å². The van der Waals surface area contributed by atoms with Crippen molar-refractivity contribution in [1.29, 1.82) is 0 Å². The minimum absolute atomic E-state index is 0.135. The maximum Gasteiger partial charge on any atom is 0.257 e. The van der Waals surface area contributed by atoms with Crippen LogP contribution in [0.4, 0.5) is 0 Å².